The van der Waals surface area contributed by atoms with E-state index in [0.717, 1.165) is 30.6 Å². The predicted molar refractivity (Wildman–Crippen MR) is 76.5 cm³/mol. The van der Waals surface area contributed by atoms with Crippen molar-refractivity contribution in [3.63, 3.8) is 0 Å². The van der Waals surface area contributed by atoms with Crippen molar-refractivity contribution in [2.75, 3.05) is 24.1 Å². The third kappa shape index (κ3) is 5.57. The SMILES string of the molecule is CCCCCC(=O)NCCNc1ccccc1N. The van der Waals surface area contributed by atoms with Gasteiger partial charge < -0.3 is 16.4 Å². The summed E-state index contributed by atoms with van der Waals surface area (Å²) in [5.41, 5.74) is 7.44. The first-order valence-corrected chi connectivity index (χ1v) is 6.59. The van der Waals surface area contributed by atoms with Gasteiger partial charge in [0.15, 0.2) is 0 Å². The molecule has 0 aliphatic rings. The van der Waals surface area contributed by atoms with E-state index in [-0.39, 0.29) is 5.91 Å². The van der Waals surface area contributed by atoms with Crippen LogP contribution in [0.4, 0.5) is 11.4 Å². The molecule has 4 nitrogen and oxygen atoms in total. The van der Waals surface area contributed by atoms with Gasteiger partial charge in [-0.3, -0.25) is 4.79 Å². The first-order chi connectivity index (χ1) is 8.74. The molecule has 1 rings (SSSR count). The lowest BCUT2D eigenvalue weighted by Crippen LogP contribution is -2.28. The van der Waals surface area contributed by atoms with Crippen molar-refractivity contribution < 1.29 is 4.79 Å². The average molecular weight is 249 g/mol. The molecule has 18 heavy (non-hydrogen) atoms. The zero-order valence-corrected chi connectivity index (χ0v) is 11.0. The van der Waals surface area contributed by atoms with Crippen molar-refractivity contribution in [1.29, 1.82) is 0 Å². The molecule has 1 aromatic carbocycles. The van der Waals surface area contributed by atoms with Crippen molar-refractivity contribution in [3.8, 4) is 0 Å². The lowest BCUT2D eigenvalue weighted by atomic mass is 10.2. The topological polar surface area (TPSA) is 67.2 Å². The summed E-state index contributed by atoms with van der Waals surface area (Å²) in [6.07, 6.45) is 3.86. The molecule has 4 heteroatoms. The maximum atomic E-state index is 11.4. The first kappa shape index (κ1) is 14.4. The van der Waals surface area contributed by atoms with Crippen molar-refractivity contribution in [2.45, 2.75) is 32.6 Å². The van der Waals surface area contributed by atoms with Crippen LogP contribution < -0.4 is 16.4 Å². The fourth-order valence-corrected chi connectivity index (χ4v) is 1.68. The van der Waals surface area contributed by atoms with Crippen LogP contribution in [0.2, 0.25) is 0 Å². The molecule has 0 spiro atoms. The maximum absolute atomic E-state index is 11.4. The number of para-hydroxylation sites is 2. The minimum absolute atomic E-state index is 0.131. The molecule has 0 radical (unpaired) electrons. The average Bonchev–Trinajstić information content (AvgIpc) is 2.37. The Morgan fingerprint density at radius 3 is 2.72 bits per heavy atom. The number of hydrogen-bond donors (Lipinski definition) is 3. The number of benzene rings is 1. The van der Waals surface area contributed by atoms with E-state index in [9.17, 15) is 4.79 Å². The van der Waals surface area contributed by atoms with E-state index >= 15 is 0 Å². The van der Waals surface area contributed by atoms with Gasteiger partial charge in [0.05, 0.1) is 11.4 Å². The summed E-state index contributed by atoms with van der Waals surface area (Å²) in [5.74, 6) is 0.131. The highest BCUT2D eigenvalue weighted by molar-refractivity contribution is 5.75. The summed E-state index contributed by atoms with van der Waals surface area (Å²) >= 11 is 0. The van der Waals surface area contributed by atoms with Gasteiger partial charge in [0, 0.05) is 19.5 Å². The molecule has 0 aliphatic heterocycles. The fraction of sp³-hybridized carbons (Fsp3) is 0.500. The molecule has 100 valence electrons. The van der Waals surface area contributed by atoms with Gasteiger partial charge in [-0.15, -0.1) is 0 Å². The number of carbonyl (C=O) groups excluding carboxylic acids is 1. The highest BCUT2D eigenvalue weighted by Crippen LogP contribution is 2.15. The summed E-state index contributed by atoms with van der Waals surface area (Å²) < 4.78 is 0. The van der Waals surface area contributed by atoms with Gasteiger partial charge in [-0.25, -0.2) is 0 Å². The normalized spacial score (nSPS) is 10.1. The number of unbranched alkanes of at least 4 members (excludes halogenated alkanes) is 2. The second-order valence-corrected chi connectivity index (χ2v) is 4.32. The van der Waals surface area contributed by atoms with Crippen molar-refractivity contribution in [1.82, 2.24) is 5.32 Å². The number of nitrogen functional groups attached to an aromatic ring is 1. The summed E-state index contributed by atoms with van der Waals surface area (Å²) in [7, 11) is 0. The van der Waals surface area contributed by atoms with Gasteiger partial charge in [-0.05, 0) is 18.6 Å². The summed E-state index contributed by atoms with van der Waals surface area (Å²) in [6.45, 7) is 3.44. The Balaban J connectivity index is 2.12. The number of anilines is 2. The Hall–Kier alpha value is -1.71. The molecule has 0 saturated carbocycles. The van der Waals surface area contributed by atoms with E-state index in [1.165, 1.54) is 0 Å². The molecule has 4 N–H and O–H groups in total. The smallest absolute Gasteiger partial charge is 0.220 e. The second-order valence-electron chi connectivity index (χ2n) is 4.32. The van der Waals surface area contributed by atoms with Gasteiger partial charge in [-0.1, -0.05) is 31.9 Å². The monoisotopic (exact) mass is 249 g/mol. The summed E-state index contributed by atoms with van der Waals surface area (Å²) in [4.78, 5) is 11.4. The first-order valence-electron chi connectivity index (χ1n) is 6.59. The number of rotatable bonds is 8. The molecule has 0 heterocycles. The standard InChI is InChI=1S/C14H23N3O/c1-2-3-4-9-14(18)17-11-10-16-13-8-6-5-7-12(13)15/h5-8,16H,2-4,9-11,15H2,1H3,(H,17,18). The number of carbonyl (C=O) groups is 1. The molecule has 0 aliphatic carbocycles. The van der Waals surface area contributed by atoms with Gasteiger partial charge in [0.1, 0.15) is 0 Å². The number of nitrogens with one attached hydrogen (secondary N) is 2. The van der Waals surface area contributed by atoms with Gasteiger partial charge >= 0.3 is 0 Å². The minimum Gasteiger partial charge on any atom is -0.397 e. The van der Waals surface area contributed by atoms with Crippen molar-refractivity contribution >= 4 is 17.3 Å². The van der Waals surface area contributed by atoms with Crippen LogP contribution in [0.5, 0.6) is 0 Å². The van der Waals surface area contributed by atoms with E-state index in [2.05, 4.69) is 17.6 Å². The molecule has 1 aromatic rings. The summed E-state index contributed by atoms with van der Waals surface area (Å²) in [6, 6.07) is 7.61. The van der Waals surface area contributed by atoms with Crippen LogP contribution in [0, 0.1) is 0 Å². The molecule has 0 fully saturated rings. The van der Waals surface area contributed by atoms with E-state index in [1.54, 1.807) is 0 Å². The van der Waals surface area contributed by atoms with Crippen LogP contribution in [0.1, 0.15) is 32.6 Å². The molecule has 1 amide bonds. The highest BCUT2D eigenvalue weighted by Gasteiger charge is 2.00. The largest absolute Gasteiger partial charge is 0.397 e. The maximum Gasteiger partial charge on any atom is 0.220 e. The minimum atomic E-state index is 0.131. The molecule has 0 aromatic heterocycles. The predicted octanol–water partition coefficient (Wildman–Crippen LogP) is 2.38. The van der Waals surface area contributed by atoms with Gasteiger partial charge in [-0.2, -0.15) is 0 Å². The Morgan fingerprint density at radius 1 is 1.22 bits per heavy atom. The van der Waals surface area contributed by atoms with E-state index in [1.807, 2.05) is 24.3 Å². The van der Waals surface area contributed by atoms with Crippen LogP contribution in [-0.4, -0.2) is 19.0 Å². The molecule has 0 unspecified atom stereocenters. The number of amides is 1. The van der Waals surface area contributed by atoms with Crippen LogP contribution in [0.3, 0.4) is 0 Å². The summed E-state index contributed by atoms with van der Waals surface area (Å²) in [5, 5.41) is 6.08. The Morgan fingerprint density at radius 2 is 2.00 bits per heavy atom. The van der Waals surface area contributed by atoms with Crippen LogP contribution in [-0.2, 0) is 4.79 Å². The second kappa shape index (κ2) is 8.39. The highest BCUT2D eigenvalue weighted by atomic mass is 16.1. The van der Waals surface area contributed by atoms with Gasteiger partial charge in [0.2, 0.25) is 5.91 Å². The molecule has 0 atom stereocenters. The fourth-order valence-electron chi connectivity index (χ4n) is 1.68. The molecular formula is C14H23N3O. The van der Waals surface area contributed by atoms with Crippen LogP contribution >= 0.6 is 0 Å². The van der Waals surface area contributed by atoms with E-state index in [0.29, 0.717) is 19.5 Å². The number of hydrogen-bond acceptors (Lipinski definition) is 3. The number of nitrogens with two attached hydrogens (primary N) is 1. The molecule has 0 bridgehead atoms. The Labute approximate surface area is 109 Å². The lowest BCUT2D eigenvalue weighted by Gasteiger charge is -2.09. The Kier molecular flexibility index (Phi) is 6.69. The van der Waals surface area contributed by atoms with Gasteiger partial charge in [0.25, 0.3) is 0 Å². The molecular weight excluding hydrogens is 226 g/mol. The molecule has 0 saturated heterocycles. The lowest BCUT2D eigenvalue weighted by molar-refractivity contribution is -0.121. The van der Waals surface area contributed by atoms with Crippen molar-refractivity contribution in [3.05, 3.63) is 24.3 Å². The zero-order valence-electron chi connectivity index (χ0n) is 11.0. The van der Waals surface area contributed by atoms with Crippen LogP contribution in [0.15, 0.2) is 24.3 Å². The van der Waals surface area contributed by atoms with Crippen LogP contribution in [0.25, 0.3) is 0 Å². The third-order valence-electron chi connectivity index (χ3n) is 2.73. The zero-order chi connectivity index (χ0) is 13.2. The third-order valence-corrected chi connectivity index (χ3v) is 2.73. The van der Waals surface area contributed by atoms with Crippen molar-refractivity contribution in [2.24, 2.45) is 0 Å². The van der Waals surface area contributed by atoms with E-state index < -0.39 is 0 Å². The quantitative estimate of drug-likeness (QED) is 0.489. The Bertz CT molecular complexity index is 366. The van der Waals surface area contributed by atoms with E-state index in [4.69, 9.17) is 5.73 Å².